The second-order valence-corrected chi connectivity index (χ2v) is 5.17. The Morgan fingerprint density at radius 3 is 2.63 bits per heavy atom. The van der Waals surface area contributed by atoms with Crippen LogP contribution in [0.1, 0.15) is 15.9 Å². The van der Waals surface area contributed by atoms with Gasteiger partial charge >= 0.3 is 5.97 Å². The van der Waals surface area contributed by atoms with Gasteiger partial charge in [-0.1, -0.05) is 12.1 Å². The van der Waals surface area contributed by atoms with Gasteiger partial charge in [-0.15, -0.1) is 0 Å². The Morgan fingerprint density at radius 1 is 1.26 bits per heavy atom. The molecule has 5 heteroatoms. The number of nitrogens with one attached hydrogen (secondary N) is 1. The van der Waals surface area contributed by atoms with E-state index in [0.29, 0.717) is 5.69 Å². The summed E-state index contributed by atoms with van der Waals surface area (Å²) in [7, 11) is 0. The number of halogens is 2. The van der Waals surface area contributed by atoms with Crippen LogP contribution in [0, 0.1) is 16.3 Å². The van der Waals surface area contributed by atoms with Crippen LogP contribution < -0.4 is 5.32 Å². The van der Waals surface area contributed by atoms with Crippen molar-refractivity contribution >= 4 is 39.9 Å². The molecule has 2 N–H and O–H groups in total. The zero-order chi connectivity index (χ0) is 14.0. The Balaban J connectivity index is 2.49. The van der Waals surface area contributed by atoms with E-state index in [-0.39, 0.29) is 11.3 Å². The van der Waals surface area contributed by atoms with Crippen LogP contribution in [-0.2, 0) is 0 Å². The quantitative estimate of drug-likeness (QED) is 0.796. The first-order valence-electron chi connectivity index (χ1n) is 5.54. The highest BCUT2D eigenvalue weighted by Gasteiger charge is 2.15. The van der Waals surface area contributed by atoms with E-state index >= 15 is 0 Å². The smallest absolute Gasteiger partial charge is 0.337 e. The van der Waals surface area contributed by atoms with E-state index < -0.39 is 11.8 Å². The molecule has 0 spiro atoms. The normalized spacial score (nSPS) is 10.3. The molecule has 2 aromatic carbocycles. The van der Waals surface area contributed by atoms with Gasteiger partial charge < -0.3 is 10.4 Å². The Labute approximate surface area is 123 Å². The minimum absolute atomic E-state index is 0.0138. The number of para-hydroxylation sites is 1. The van der Waals surface area contributed by atoms with Crippen LogP contribution in [0.25, 0.3) is 0 Å². The van der Waals surface area contributed by atoms with Crippen molar-refractivity contribution in [2.24, 2.45) is 0 Å². The maximum absolute atomic E-state index is 13.8. The first-order chi connectivity index (χ1) is 9.00. The summed E-state index contributed by atoms with van der Waals surface area (Å²) in [6.45, 7) is 1.89. The number of carboxylic acid groups (broad SMARTS) is 1. The summed E-state index contributed by atoms with van der Waals surface area (Å²) < 4.78 is 14.8. The van der Waals surface area contributed by atoms with E-state index in [1.807, 2.05) is 19.1 Å². The lowest BCUT2D eigenvalue weighted by atomic mass is 10.1. The fourth-order valence-electron chi connectivity index (χ4n) is 1.71. The van der Waals surface area contributed by atoms with Gasteiger partial charge in [0, 0.05) is 9.26 Å². The summed E-state index contributed by atoms with van der Waals surface area (Å²) in [4.78, 5) is 11.1. The van der Waals surface area contributed by atoms with Gasteiger partial charge in [-0.2, -0.15) is 0 Å². The highest BCUT2D eigenvalue weighted by Crippen LogP contribution is 2.28. The zero-order valence-electron chi connectivity index (χ0n) is 10.1. The highest BCUT2D eigenvalue weighted by atomic mass is 127. The molecule has 2 aromatic rings. The molecule has 0 heterocycles. The molecule has 0 aromatic heterocycles. The fraction of sp³-hybridized carbons (Fsp3) is 0.0714. The molecular weight excluding hydrogens is 360 g/mol. The summed E-state index contributed by atoms with van der Waals surface area (Å²) in [6.07, 6.45) is 0. The van der Waals surface area contributed by atoms with Crippen molar-refractivity contribution in [3.63, 3.8) is 0 Å². The van der Waals surface area contributed by atoms with Crippen molar-refractivity contribution in [1.82, 2.24) is 0 Å². The van der Waals surface area contributed by atoms with E-state index in [1.165, 1.54) is 18.2 Å². The summed E-state index contributed by atoms with van der Waals surface area (Å²) in [5.41, 5.74) is 1.54. The second-order valence-electron chi connectivity index (χ2n) is 4.00. The summed E-state index contributed by atoms with van der Waals surface area (Å²) in [5, 5.41) is 12.0. The number of rotatable bonds is 3. The van der Waals surface area contributed by atoms with Gasteiger partial charge in [0.05, 0.1) is 11.3 Å². The fourth-order valence-corrected chi connectivity index (χ4v) is 2.21. The largest absolute Gasteiger partial charge is 0.478 e. The van der Waals surface area contributed by atoms with Crippen molar-refractivity contribution in [1.29, 1.82) is 0 Å². The number of hydrogen-bond donors (Lipinski definition) is 2. The van der Waals surface area contributed by atoms with Gasteiger partial charge in [0.2, 0.25) is 0 Å². The van der Waals surface area contributed by atoms with Crippen LogP contribution in [0.15, 0.2) is 36.4 Å². The van der Waals surface area contributed by atoms with Crippen LogP contribution >= 0.6 is 22.6 Å². The number of benzene rings is 2. The molecule has 0 atom stereocenters. The minimum atomic E-state index is -1.16. The molecule has 0 aliphatic heterocycles. The molecule has 0 aliphatic rings. The highest BCUT2D eigenvalue weighted by molar-refractivity contribution is 14.1. The second kappa shape index (κ2) is 5.56. The van der Waals surface area contributed by atoms with Crippen LogP contribution in [0.3, 0.4) is 0 Å². The van der Waals surface area contributed by atoms with Gasteiger partial charge in [0.15, 0.2) is 0 Å². The van der Waals surface area contributed by atoms with Gasteiger partial charge in [0.25, 0.3) is 0 Å². The van der Waals surface area contributed by atoms with Crippen LogP contribution in [-0.4, -0.2) is 11.1 Å². The Hall–Kier alpha value is -1.63. The number of aromatic carboxylic acids is 1. The van der Waals surface area contributed by atoms with Crippen LogP contribution in [0.5, 0.6) is 0 Å². The predicted octanol–water partition coefficient (Wildman–Crippen LogP) is 4.18. The van der Waals surface area contributed by atoms with Gasteiger partial charge in [-0.3, -0.25) is 0 Å². The SMILES string of the molecule is Cc1c(I)cccc1Nc1c(F)cccc1C(=O)O. The van der Waals surface area contributed by atoms with E-state index in [2.05, 4.69) is 27.9 Å². The van der Waals surface area contributed by atoms with E-state index in [0.717, 1.165) is 9.13 Å². The first-order valence-corrected chi connectivity index (χ1v) is 6.62. The van der Waals surface area contributed by atoms with Gasteiger partial charge in [-0.05, 0) is 59.3 Å². The van der Waals surface area contributed by atoms with Crippen molar-refractivity contribution in [3.8, 4) is 0 Å². The third-order valence-electron chi connectivity index (χ3n) is 2.77. The van der Waals surface area contributed by atoms with Gasteiger partial charge in [-0.25, -0.2) is 9.18 Å². The molecule has 3 nitrogen and oxygen atoms in total. The van der Waals surface area contributed by atoms with E-state index in [1.54, 1.807) is 6.07 Å². The minimum Gasteiger partial charge on any atom is -0.478 e. The molecule has 19 heavy (non-hydrogen) atoms. The number of anilines is 2. The average Bonchev–Trinajstić information content (AvgIpc) is 2.36. The Morgan fingerprint density at radius 2 is 1.95 bits per heavy atom. The molecular formula is C14H11FINO2. The molecule has 0 radical (unpaired) electrons. The molecule has 0 unspecified atom stereocenters. The van der Waals surface area contributed by atoms with Crippen molar-refractivity contribution in [2.75, 3.05) is 5.32 Å². The molecule has 0 aliphatic carbocycles. The molecule has 98 valence electrons. The van der Waals surface area contributed by atoms with Crippen molar-refractivity contribution < 1.29 is 14.3 Å². The van der Waals surface area contributed by atoms with Crippen LogP contribution in [0.4, 0.5) is 15.8 Å². The maximum atomic E-state index is 13.8. The standard InChI is InChI=1S/C14H11FINO2/c1-8-11(16)6-3-7-12(8)17-13-9(14(18)19)4-2-5-10(13)15/h2-7,17H,1H3,(H,18,19). The maximum Gasteiger partial charge on any atom is 0.337 e. The number of hydrogen-bond acceptors (Lipinski definition) is 2. The monoisotopic (exact) mass is 371 g/mol. The number of carbonyl (C=O) groups is 1. The third kappa shape index (κ3) is 2.86. The lowest BCUT2D eigenvalue weighted by molar-refractivity contribution is 0.0697. The zero-order valence-corrected chi connectivity index (χ0v) is 12.2. The average molecular weight is 371 g/mol. The van der Waals surface area contributed by atoms with Crippen molar-refractivity contribution in [3.05, 3.63) is 56.9 Å². The van der Waals surface area contributed by atoms with Crippen LogP contribution in [0.2, 0.25) is 0 Å². The third-order valence-corrected chi connectivity index (χ3v) is 3.94. The summed E-state index contributed by atoms with van der Waals surface area (Å²) in [6, 6.07) is 9.54. The lowest BCUT2D eigenvalue weighted by Crippen LogP contribution is -2.05. The topological polar surface area (TPSA) is 49.3 Å². The van der Waals surface area contributed by atoms with E-state index in [9.17, 15) is 9.18 Å². The summed E-state index contributed by atoms with van der Waals surface area (Å²) >= 11 is 2.17. The molecule has 0 fully saturated rings. The molecule has 0 saturated carbocycles. The molecule has 2 rings (SSSR count). The Bertz CT molecular complexity index is 643. The van der Waals surface area contributed by atoms with Gasteiger partial charge in [0.1, 0.15) is 5.82 Å². The van der Waals surface area contributed by atoms with E-state index in [4.69, 9.17) is 5.11 Å². The lowest BCUT2D eigenvalue weighted by Gasteiger charge is -2.13. The Kier molecular flexibility index (Phi) is 4.04. The molecule has 0 bridgehead atoms. The van der Waals surface area contributed by atoms with Crippen molar-refractivity contribution in [2.45, 2.75) is 6.92 Å². The molecule has 0 saturated heterocycles. The number of carboxylic acids is 1. The first kappa shape index (κ1) is 13.8. The summed E-state index contributed by atoms with van der Waals surface area (Å²) in [5.74, 6) is -1.75. The molecule has 0 amide bonds. The predicted molar refractivity (Wildman–Crippen MR) is 80.5 cm³/mol.